The molecule has 1 aliphatic heterocycles. The number of hydrogen-bond donors (Lipinski definition) is 0. The van der Waals surface area contributed by atoms with Crippen molar-refractivity contribution in [3.8, 4) is 0 Å². The molecule has 0 radical (unpaired) electrons. The number of rotatable bonds is 0. The lowest BCUT2D eigenvalue weighted by Gasteiger charge is -2.17. The van der Waals surface area contributed by atoms with Crippen molar-refractivity contribution in [3.05, 3.63) is 29.8 Å². The first kappa shape index (κ1) is 12.8. The van der Waals surface area contributed by atoms with Gasteiger partial charge in [0.05, 0.1) is 0 Å². The second-order valence-corrected chi connectivity index (χ2v) is 3.99. The van der Waals surface area contributed by atoms with Crippen LogP contribution in [0.5, 0.6) is 0 Å². The maximum absolute atomic E-state index is 12.0. The third kappa shape index (κ3) is 2.43. The zero-order chi connectivity index (χ0) is 12.1. The quantitative estimate of drug-likeness (QED) is 0.666. The third-order valence-electron chi connectivity index (χ3n) is 2.93. The molecule has 0 spiro atoms. The highest BCUT2D eigenvalue weighted by molar-refractivity contribution is 6.03. The summed E-state index contributed by atoms with van der Waals surface area (Å²) in [6.45, 7) is 6.97. The van der Waals surface area contributed by atoms with Crippen LogP contribution >= 0.6 is 0 Å². The molecule has 1 heterocycles. The fraction of sp³-hybridized carbons (Fsp3) is 0.500. The molecular weight excluding hydrogens is 198 g/mol. The first-order chi connectivity index (χ1) is 7.70. The standard InChI is InChI=1S/C12H15NO.C2H6/c1-9-7-8-13(2)11-6-4-3-5-10(11)12(9)14;1-2/h3-6,9H,7-8H2,1-2H3;1-2H3. The third-order valence-corrected chi connectivity index (χ3v) is 2.93. The summed E-state index contributed by atoms with van der Waals surface area (Å²) in [5.41, 5.74) is 1.95. The van der Waals surface area contributed by atoms with Crippen molar-refractivity contribution in [1.82, 2.24) is 0 Å². The van der Waals surface area contributed by atoms with Crippen molar-refractivity contribution >= 4 is 11.5 Å². The Morgan fingerprint density at radius 2 is 1.88 bits per heavy atom. The van der Waals surface area contributed by atoms with Gasteiger partial charge in [0, 0.05) is 30.8 Å². The molecule has 1 unspecified atom stereocenters. The van der Waals surface area contributed by atoms with Crippen LogP contribution in [-0.4, -0.2) is 19.4 Å². The van der Waals surface area contributed by atoms with Crippen molar-refractivity contribution in [3.63, 3.8) is 0 Å². The zero-order valence-corrected chi connectivity index (χ0v) is 10.7. The minimum absolute atomic E-state index is 0.154. The predicted molar refractivity (Wildman–Crippen MR) is 69.2 cm³/mol. The lowest BCUT2D eigenvalue weighted by Crippen LogP contribution is -2.18. The number of carbonyl (C=O) groups is 1. The molecule has 2 rings (SSSR count). The van der Waals surface area contributed by atoms with Gasteiger partial charge in [-0.15, -0.1) is 0 Å². The van der Waals surface area contributed by atoms with Gasteiger partial charge in [-0.1, -0.05) is 32.9 Å². The number of carbonyl (C=O) groups excluding carboxylic acids is 1. The van der Waals surface area contributed by atoms with E-state index in [2.05, 4.69) is 4.90 Å². The molecule has 0 fully saturated rings. The van der Waals surface area contributed by atoms with Crippen molar-refractivity contribution in [2.45, 2.75) is 27.2 Å². The van der Waals surface area contributed by atoms with Crippen LogP contribution < -0.4 is 4.90 Å². The summed E-state index contributed by atoms with van der Waals surface area (Å²) < 4.78 is 0. The average Bonchev–Trinajstić information content (AvgIpc) is 2.46. The number of ketones is 1. The number of fused-ring (bicyclic) bond motifs is 1. The van der Waals surface area contributed by atoms with Gasteiger partial charge in [0.15, 0.2) is 5.78 Å². The van der Waals surface area contributed by atoms with E-state index >= 15 is 0 Å². The van der Waals surface area contributed by atoms with E-state index in [4.69, 9.17) is 0 Å². The molecule has 0 aliphatic carbocycles. The molecule has 16 heavy (non-hydrogen) atoms. The van der Waals surface area contributed by atoms with Crippen LogP contribution in [0.4, 0.5) is 5.69 Å². The Morgan fingerprint density at radius 1 is 1.25 bits per heavy atom. The predicted octanol–water partition coefficient (Wildman–Crippen LogP) is 3.37. The van der Waals surface area contributed by atoms with Crippen LogP contribution in [0, 0.1) is 5.92 Å². The van der Waals surface area contributed by atoms with Gasteiger partial charge in [0.1, 0.15) is 0 Å². The highest BCUT2D eigenvalue weighted by atomic mass is 16.1. The van der Waals surface area contributed by atoms with E-state index < -0.39 is 0 Å². The monoisotopic (exact) mass is 219 g/mol. The van der Waals surface area contributed by atoms with Crippen molar-refractivity contribution in [1.29, 1.82) is 0 Å². The molecular formula is C14H21NO. The summed E-state index contributed by atoms with van der Waals surface area (Å²) in [6, 6.07) is 7.86. The van der Waals surface area contributed by atoms with Gasteiger partial charge in [-0.25, -0.2) is 0 Å². The van der Waals surface area contributed by atoms with E-state index in [1.165, 1.54) is 0 Å². The SMILES string of the molecule is CC.CC1CCN(C)c2ccccc2C1=O. The zero-order valence-electron chi connectivity index (χ0n) is 10.7. The molecule has 0 aromatic heterocycles. The van der Waals surface area contributed by atoms with Gasteiger partial charge in [-0.05, 0) is 18.6 Å². The molecule has 1 aliphatic rings. The summed E-state index contributed by atoms with van der Waals surface area (Å²) in [6.07, 6.45) is 0.948. The Labute approximate surface area is 98.3 Å². The molecule has 2 heteroatoms. The Hall–Kier alpha value is -1.31. The molecule has 0 saturated carbocycles. The summed E-state index contributed by atoms with van der Waals surface area (Å²) >= 11 is 0. The van der Waals surface area contributed by atoms with Gasteiger partial charge in [0.25, 0.3) is 0 Å². The average molecular weight is 219 g/mol. The largest absolute Gasteiger partial charge is 0.374 e. The maximum atomic E-state index is 12.0. The molecule has 88 valence electrons. The second kappa shape index (κ2) is 5.69. The minimum atomic E-state index is 0.154. The minimum Gasteiger partial charge on any atom is -0.374 e. The van der Waals surface area contributed by atoms with E-state index in [1.54, 1.807) is 0 Å². The summed E-state index contributed by atoms with van der Waals surface area (Å²) in [5.74, 6) is 0.436. The van der Waals surface area contributed by atoms with Gasteiger partial charge < -0.3 is 4.90 Å². The summed E-state index contributed by atoms with van der Waals surface area (Å²) in [5, 5.41) is 0. The lowest BCUT2D eigenvalue weighted by molar-refractivity contribution is 0.0929. The van der Waals surface area contributed by atoms with E-state index in [0.29, 0.717) is 0 Å². The van der Waals surface area contributed by atoms with Crippen LogP contribution in [0.2, 0.25) is 0 Å². The Kier molecular flexibility index (Phi) is 4.53. The van der Waals surface area contributed by atoms with Crippen LogP contribution in [0.1, 0.15) is 37.6 Å². The normalized spacial score (nSPS) is 19.4. The fourth-order valence-electron chi connectivity index (χ4n) is 1.92. The van der Waals surface area contributed by atoms with Crippen molar-refractivity contribution in [2.24, 2.45) is 5.92 Å². The lowest BCUT2D eigenvalue weighted by atomic mass is 9.97. The fourth-order valence-corrected chi connectivity index (χ4v) is 1.92. The van der Waals surface area contributed by atoms with E-state index in [0.717, 1.165) is 24.2 Å². The van der Waals surface area contributed by atoms with Crippen molar-refractivity contribution < 1.29 is 4.79 Å². The number of nitrogens with zero attached hydrogens (tertiary/aromatic N) is 1. The van der Waals surface area contributed by atoms with E-state index in [1.807, 2.05) is 52.1 Å². The molecule has 1 aromatic rings. The van der Waals surface area contributed by atoms with Crippen molar-refractivity contribution in [2.75, 3.05) is 18.5 Å². The van der Waals surface area contributed by atoms with E-state index in [9.17, 15) is 4.79 Å². The Bertz CT molecular complexity index is 360. The number of anilines is 1. The van der Waals surface area contributed by atoms with Crippen LogP contribution in [0.3, 0.4) is 0 Å². The molecule has 0 saturated heterocycles. The van der Waals surface area contributed by atoms with Crippen LogP contribution in [0.25, 0.3) is 0 Å². The van der Waals surface area contributed by atoms with Gasteiger partial charge in [-0.2, -0.15) is 0 Å². The highest BCUT2D eigenvalue weighted by Crippen LogP contribution is 2.27. The molecule has 1 atom stereocenters. The summed E-state index contributed by atoms with van der Waals surface area (Å²) in [4.78, 5) is 14.1. The maximum Gasteiger partial charge on any atom is 0.167 e. The molecule has 0 amide bonds. The number of benzene rings is 1. The smallest absolute Gasteiger partial charge is 0.167 e. The second-order valence-electron chi connectivity index (χ2n) is 3.99. The Balaban J connectivity index is 0.000000606. The Morgan fingerprint density at radius 3 is 2.56 bits per heavy atom. The van der Waals surface area contributed by atoms with E-state index in [-0.39, 0.29) is 11.7 Å². The number of para-hydroxylation sites is 1. The molecule has 0 bridgehead atoms. The number of Topliss-reactive ketones (excluding diaryl/α,β-unsaturated/α-hetero) is 1. The first-order valence-corrected chi connectivity index (χ1v) is 6.04. The molecule has 2 nitrogen and oxygen atoms in total. The van der Waals surface area contributed by atoms with Crippen LogP contribution in [-0.2, 0) is 0 Å². The molecule has 1 aromatic carbocycles. The van der Waals surface area contributed by atoms with Gasteiger partial charge in [-0.3, -0.25) is 4.79 Å². The van der Waals surface area contributed by atoms with Crippen LogP contribution in [0.15, 0.2) is 24.3 Å². The number of hydrogen-bond acceptors (Lipinski definition) is 2. The topological polar surface area (TPSA) is 20.3 Å². The van der Waals surface area contributed by atoms with Gasteiger partial charge >= 0.3 is 0 Å². The summed E-state index contributed by atoms with van der Waals surface area (Å²) in [7, 11) is 2.05. The highest BCUT2D eigenvalue weighted by Gasteiger charge is 2.23. The first-order valence-electron chi connectivity index (χ1n) is 6.04. The molecule has 0 N–H and O–H groups in total. The van der Waals surface area contributed by atoms with Gasteiger partial charge in [0.2, 0.25) is 0 Å².